The van der Waals surface area contributed by atoms with Gasteiger partial charge in [-0.15, -0.1) is 0 Å². The zero-order valence-electron chi connectivity index (χ0n) is 20.3. The van der Waals surface area contributed by atoms with Crippen molar-refractivity contribution in [3.63, 3.8) is 0 Å². The number of halogens is 3. The van der Waals surface area contributed by atoms with Crippen LogP contribution in [0.1, 0.15) is 31.2 Å². The number of nitrogens with zero attached hydrogens (tertiary/aromatic N) is 3. The molecule has 1 aromatic heterocycles. The van der Waals surface area contributed by atoms with Crippen LogP contribution in [0.3, 0.4) is 0 Å². The average Bonchev–Trinajstić information content (AvgIpc) is 2.91. The molecule has 7 nitrogen and oxygen atoms in total. The minimum atomic E-state index is -4.39. The Balaban J connectivity index is 1.15. The monoisotopic (exact) mass is 514 g/mol. The van der Waals surface area contributed by atoms with Crippen molar-refractivity contribution in [2.45, 2.75) is 38.4 Å². The number of benzene rings is 2. The Morgan fingerprint density at radius 2 is 1.62 bits per heavy atom. The molecule has 2 heterocycles. The Hall–Kier alpha value is -3.56. The van der Waals surface area contributed by atoms with Gasteiger partial charge >= 0.3 is 11.9 Å². The van der Waals surface area contributed by atoms with E-state index in [1.54, 1.807) is 30.3 Å². The summed E-state index contributed by atoms with van der Waals surface area (Å²) < 4.78 is 40.4. The molecular weight excluding hydrogens is 485 g/mol. The molecule has 196 valence electrons. The molecular formula is C27H29F3N4O3. The predicted molar refractivity (Wildman–Crippen MR) is 135 cm³/mol. The Bertz CT molecular complexity index is 1400. The molecule has 2 aromatic carbocycles. The number of aromatic amines is 1. The molecule has 0 radical (unpaired) electrons. The molecule has 1 saturated carbocycles. The van der Waals surface area contributed by atoms with Crippen LogP contribution in [0, 0.1) is 11.8 Å². The summed E-state index contributed by atoms with van der Waals surface area (Å²) in [4.78, 5) is 44.9. The van der Waals surface area contributed by atoms with E-state index in [9.17, 15) is 27.6 Å². The second-order valence-electron chi connectivity index (χ2n) is 9.97. The first-order chi connectivity index (χ1) is 17.7. The van der Waals surface area contributed by atoms with Crippen molar-refractivity contribution in [2.75, 3.05) is 31.1 Å². The zero-order valence-corrected chi connectivity index (χ0v) is 20.3. The first kappa shape index (κ1) is 25.1. The summed E-state index contributed by atoms with van der Waals surface area (Å²) in [7, 11) is 0. The summed E-state index contributed by atoms with van der Waals surface area (Å²) in [6.07, 6.45) is -1.50. The quantitative estimate of drug-likeness (QED) is 0.574. The number of carbonyl (C=O) groups is 1. The Morgan fingerprint density at radius 3 is 2.32 bits per heavy atom. The molecule has 1 N–H and O–H groups in total. The number of anilines is 1. The SMILES string of the molecule is O=C(C1CCC(Cn2c(=O)[nH]c3ccccc3c2=O)CC1)N1CCN(c2cccc(C(F)(F)F)c2)CC1. The lowest BCUT2D eigenvalue weighted by Crippen LogP contribution is -2.51. The van der Waals surface area contributed by atoms with E-state index in [-0.39, 0.29) is 23.3 Å². The lowest BCUT2D eigenvalue weighted by molar-refractivity contribution is -0.138. The van der Waals surface area contributed by atoms with Gasteiger partial charge in [0, 0.05) is 44.3 Å². The lowest BCUT2D eigenvalue weighted by atomic mass is 9.81. The summed E-state index contributed by atoms with van der Waals surface area (Å²) in [5, 5.41) is 0.482. The van der Waals surface area contributed by atoms with Crippen LogP contribution in [0.15, 0.2) is 58.1 Å². The van der Waals surface area contributed by atoms with Crippen LogP contribution in [-0.2, 0) is 17.5 Å². The van der Waals surface area contributed by atoms with Gasteiger partial charge in [-0.1, -0.05) is 18.2 Å². The molecule has 0 bridgehead atoms. The van der Waals surface area contributed by atoms with Crippen molar-refractivity contribution in [2.24, 2.45) is 11.8 Å². The van der Waals surface area contributed by atoms with Gasteiger partial charge in [0.25, 0.3) is 5.56 Å². The molecule has 0 unspecified atom stereocenters. The smallest absolute Gasteiger partial charge is 0.368 e. The maximum absolute atomic E-state index is 13.2. The third-order valence-electron chi connectivity index (χ3n) is 7.66. The third-order valence-corrected chi connectivity index (χ3v) is 7.66. The summed E-state index contributed by atoms with van der Waals surface area (Å²) in [5.74, 6) is 0.118. The van der Waals surface area contributed by atoms with Crippen LogP contribution in [-0.4, -0.2) is 46.5 Å². The second-order valence-corrected chi connectivity index (χ2v) is 9.97. The van der Waals surface area contributed by atoms with Gasteiger partial charge in [0.1, 0.15) is 0 Å². The van der Waals surface area contributed by atoms with Gasteiger partial charge in [-0.25, -0.2) is 4.79 Å². The highest BCUT2D eigenvalue weighted by molar-refractivity contribution is 5.79. The molecule has 3 aromatic rings. The number of hydrogen-bond donors (Lipinski definition) is 1. The van der Waals surface area contributed by atoms with E-state index in [4.69, 9.17) is 0 Å². The van der Waals surface area contributed by atoms with Crippen LogP contribution in [0.2, 0.25) is 0 Å². The molecule has 1 aliphatic carbocycles. The van der Waals surface area contributed by atoms with Gasteiger partial charge in [-0.2, -0.15) is 13.2 Å². The Kier molecular flexibility index (Phi) is 6.83. The van der Waals surface area contributed by atoms with Crippen molar-refractivity contribution < 1.29 is 18.0 Å². The highest BCUT2D eigenvalue weighted by atomic mass is 19.4. The molecule has 1 aliphatic heterocycles. The van der Waals surface area contributed by atoms with Gasteiger partial charge in [-0.05, 0) is 61.9 Å². The molecule has 1 saturated heterocycles. The van der Waals surface area contributed by atoms with Crippen molar-refractivity contribution >= 4 is 22.5 Å². The number of hydrogen-bond acceptors (Lipinski definition) is 4. The topological polar surface area (TPSA) is 78.4 Å². The van der Waals surface area contributed by atoms with Crippen LogP contribution in [0.4, 0.5) is 18.9 Å². The Labute approximate surface area is 211 Å². The van der Waals surface area contributed by atoms with E-state index >= 15 is 0 Å². The first-order valence-corrected chi connectivity index (χ1v) is 12.6. The number of amides is 1. The van der Waals surface area contributed by atoms with Crippen LogP contribution in [0.25, 0.3) is 10.9 Å². The van der Waals surface area contributed by atoms with Gasteiger partial charge in [-0.3, -0.25) is 14.2 Å². The van der Waals surface area contributed by atoms with Crippen LogP contribution < -0.4 is 16.1 Å². The number of nitrogens with one attached hydrogen (secondary N) is 1. The minimum Gasteiger partial charge on any atom is -0.368 e. The molecule has 10 heteroatoms. The summed E-state index contributed by atoms with van der Waals surface area (Å²) in [6.45, 7) is 2.23. The number of alkyl halides is 3. The van der Waals surface area contributed by atoms with Gasteiger partial charge < -0.3 is 14.8 Å². The molecule has 2 fully saturated rings. The van der Waals surface area contributed by atoms with Crippen molar-refractivity contribution in [1.82, 2.24) is 14.5 Å². The number of aromatic nitrogens is 2. The fraction of sp³-hybridized carbons (Fsp3) is 0.444. The molecule has 0 atom stereocenters. The standard InChI is InChI=1S/C27H29F3N4O3/c28-27(29,30)20-4-3-5-21(16-20)32-12-14-33(15-13-32)24(35)19-10-8-18(9-11-19)17-34-25(36)22-6-1-2-7-23(22)31-26(34)37/h1-7,16,18-19H,8-15,17H2,(H,31,37). The summed E-state index contributed by atoms with van der Waals surface area (Å²) in [5.41, 5.74) is -0.345. The minimum absolute atomic E-state index is 0.0860. The molecule has 2 aliphatic rings. The highest BCUT2D eigenvalue weighted by Crippen LogP contribution is 2.33. The third kappa shape index (κ3) is 5.28. The molecule has 37 heavy (non-hydrogen) atoms. The van der Waals surface area contributed by atoms with Crippen molar-refractivity contribution in [3.05, 3.63) is 74.9 Å². The first-order valence-electron chi connectivity index (χ1n) is 12.6. The largest absolute Gasteiger partial charge is 0.416 e. The van der Waals surface area contributed by atoms with E-state index in [0.29, 0.717) is 62.2 Å². The van der Waals surface area contributed by atoms with E-state index in [0.717, 1.165) is 25.0 Å². The fourth-order valence-electron chi connectivity index (χ4n) is 5.54. The van der Waals surface area contributed by atoms with Crippen LogP contribution >= 0.6 is 0 Å². The average molecular weight is 515 g/mol. The number of carbonyl (C=O) groups excluding carboxylic acids is 1. The Morgan fingerprint density at radius 1 is 0.919 bits per heavy atom. The maximum Gasteiger partial charge on any atom is 0.416 e. The normalized spacial score (nSPS) is 20.8. The summed E-state index contributed by atoms with van der Waals surface area (Å²) in [6, 6.07) is 12.2. The highest BCUT2D eigenvalue weighted by Gasteiger charge is 2.33. The maximum atomic E-state index is 13.2. The number of para-hydroxylation sites is 1. The second kappa shape index (κ2) is 10.1. The van der Waals surface area contributed by atoms with E-state index < -0.39 is 17.4 Å². The predicted octanol–water partition coefficient (Wildman–Crippen LogP) is 3.86. The van der Waals surface area contributed by atoms with Gasteiger partial charge in [0.2, 0.25) is 5.91 Å². The number of piperazine rings is 1. The van der Waals surface area contributed by atoms with Crippen LogP contribution in [0.5, 0.6) is 0 Å². The molecule has 1 amide bonds. The number of rotatable bonds is 4. The van der Waals surface area contributed by atoms with Gasteiger partial charge in [0.15, 0.2) is 0 Å². The lowest BCUT2D eigenvalue weighted by Gasteiger charge is -2.39. The summed E-state index contributed by atoms with van der Waals surface area (Å²) >= 11 is 0. The number of H-pyrrole nitrogens is 1. The molecule has 5 rings (SSSR count). The van der Waals surface area contributed by atoms with Crippen molar-refractivity contribution in [1.29, 1.82) is 0 Å². The molecule has 0 spiro atoms. The van der Waals surface area contributed by atoms with E-state index in [2.05, 4.69) is 4.98 Å². The van der Waals surface area contributed by atoms with E-state index in [1.807, 2.05) is 9.80 Å². The fourth-order valence-corrected chi connectivity index (χ4v) is 5.54. The number of fused-ring (bicyclic) bond motifs is 1. The zero-order chi connectivity index (χ0) is 26.2. The van der Waals surface area contributed by atoms with Crippen molar-refractivity contribution in [3.8, 4) is 0 Å². The van der Waals surface area contributed by atoms with E-state index in [1.165, 1.54) is 10.6 Å². The van der Waals surface area contributed by atoms with Gasteiger partial charge in [0.05, 0.1) is 16.5 Å².